The normalized spacial score (nSPS) is 17.3. The van der Waals surface area contributed by atoms with Crippen LogP contribution in [0.25, 0.3) is 0 Å². The molecule has 1 saturated carbocycles. The number of ether oxygens (including phenoxy) is 1. The molecule has 0 aromatic heterocycles. The molecule has 0 bridgehead atoms. The monoisotopic (exact) mass is 506 g/mol. The Morgan fingerprint density at radius 1 is 1.06 bits per heavy atom. The Balaban J connectivity index is 1.50. The summed E-state index contributed by atoms with van der Waals surface area (Å²) in [4.78, 5) is 27.4. The van der Waals surface area contributed by atoms with Gasteiger partial charge in [0.2, 0.25) is 11.8 Å². The molecule has 1 aliphatic heterocycles. The van der Waals surface area contributed by atoms with Crippen molar-refractivity contribution < 1.29 is 14.3 Å². The van der Waals surface area contributed by atoms with Gasteiger partial charge in [0.25, 0.3) is 0 Å². The molecule has 1 saturated heterocycles. The fraction of sp³-hybridized carbons (Fsp3) is 0.467. The molecule has 0 radical (unpaired) electrons. The van der Waals surface area contributed by atoms with E-state index >= 15 is 0 Å². The number of amides is 2. The fourth-order valence-corrected chi connectivity index (χ4v) is 5.32. The smallest absolute Gasteiger partial charge is 0.230 e. The molecule has 0 unspecified atom stereocenters. The van der Waals surface area contributed by atoms with E-state index in [0.717, 1.165) is 29.6 Å². The lowest BCUT2D eigenvalue weighted by molar-refractivity contribution is -0.137. The number of hydrogen-bond donors (Lipinski definition) is 0. The Morgan fingerprint density at radius 3 is 2.42 bits per heavy atom. The molecule has 0 N–H and O–H groups in total. The molecule has 1 aliphatic carbocycles. The quantitative estimate of drug-likeness (QED) is 0.326. The van der Waals surface area contributed by atoms with E-state index in [2.05, 4.69) is 47.9 Å². The van der Waals surface area contributed by atoms with Crippen molar-refractivity contribution in [2.75, 3.05) is 20.2 Å². The molecule has 0 spiro atoms. The lowest BCUT2D eigenvalue weighted by Gasteiger charge is -2.34. The van der Waals surface area contributed by atoms with Gasteiger partial charge in [0.05, 0.1) is 19.2 Å². The maximum atomic E-state index is 11.8. The molecule has 5 nitrogen and oxygen atoms in total. The number of methoxy groups -OCH3 is 1. The molecule has 2 aromatic carbocycles. The number of nitrogens with zero attached hydrogens (tertiary/aromatic N) is 2. The second-order valence-electron chi connectivity index (χ2n) is 9.87. The number of carbonyl (C=O) groups is 2. The van der Waals surface area contributed by atoms with Crippen molar-refractivity contribution in [3.63, 3.8) is 0 Å². The summed E-state index contributed by atoms with van der Waals surface area (Å²) >= 11 is 6.14. The summed E-state index contributed by atoms with van der Waals surface area (Å²) in [6.45, 7) is 4.26. The highest BCUT2D eigenvalue weighted by molar-refractivity contribution is 6.30. The minimum Gasteiger partial charge on any atom is -0.495 e. The lowest BCUT2D eigenvalue weighted by Crippen LogP contribution is -2.32. The number of rotatable bonds is 8. The number of likely N-dealkylation sites (tertiary alicyclic amines) is 1. The van der Waals surface area contributed by atoms with E-state index in [1.807, 2.05) is 18.2 Å². The van der Waals surface area contributed by atoms with Gasteiger partial charge >= 0.3 is 0 Å². The third-order valence-electron chi connectivity index (χ3n) is 7.38. The molecule has 1 atom stereocenters. The third-order valence-corrected chi connectivity index (χ3v) is 7.64. The van der Waals surface area contributed by atoms with Crippen LogP contribution in [0.2, 0.25) is 5.02 Å². The van der Waals surface area contributed by atoms with E-state index in [9.17, 15) is 9.59 Å². The predicted octanol–water partition coefficient (Wildman–Crippen LogP) is 5.99. The first-order chi connectivity index (χ1) is 17.4. The zero-order valence-electron chi connectivity index (χ0n) is 21.3. The average Bonchev–Trinajstić information content (AvgIpc) is 3.22. The van der Waals surface area contributed by atoms with E-state index in [-0.39, 0.29) is 37.2 Å². The molecule has 6 heteroatoms. The predicted molar refractivity (Wildman–Crippen MR) is 143 cm³/mol. The molecule has 36 heavy (non-hydrogen) atoms. The number of hydrogen-bond acceptors (Lipinski definition) is 4. The molecule has 2 amide bonds. The average molecular weight is 507 g/mol. The first-order valence-electron chi connectivity index (χ1n) is 12.9. The molecule has 2 aromatic rings. The van der Waals surface area contributed by atoms with Crippen LogP contribution in [-0.4, -0.2) is 41.8 Å². The third kappa shape index (κ3) is 6.69. The van der Waals surface area contributed by atoms with Gasteiger partial charge in [-0.3, -0.25) is 19.4 Å². The van der Waals surface area contributed by atoms with Crippen LogP contribution >= 0.6 is 11.6 Å². The molecule has 190 valence electrons. The van der Waals surface area contributed by atoms with Gasteiger partial charge in [0.1, 0.15) is 5.75 Å². The van der Waals surface area contributed by atoms with Crippen molar-refractivity contribution in [2.24, 2.45) is 5.92 Å². The minimum absolute atomic E-state index is 0.121. The maximum Gasteiger partial charge on any atom is 0.230 e. The van der Waals surface area contributed by atoms with Crippen LogP contribution in [0.1, 0.15) is 74.6 Å². The first-order valence-corrected chi connectivity index (χ1v) is 13.3. The summed E-state index contributed by atoms with van der Waals surface area (Å²) in [5.74, 6) is 7.18. The largest absolute Gasteiger partial charge is 0.495 e. The van der Waals surface area contributed by atoms with Gasteiger partial charge in [-0.15, -0.1) is 0 Å². The molecule has 1 heterocycles. The van der Waals surface area contributed by atoms with E-state index in [0.29, 0.717) is 5.75 Å². The van der Waals surface area contributed by atoms with E-state index < -0.39 is 0 Å². The highest BCUT2D eigenvalue weighted by Crippen LogP contribution is 2.31. The molecule has 2 aliphatic rings. The molecule has 2 fully saturated rings. The molecular weight excluding hydrogens is 472 g/mol. The zero-order valence-corrected chi connectivity index (χ0v) is 22.0. The van der Waals surface area contributed by atoms with Gasteiger partial charge in [-0.2, -0.15) is 0 Å². The highest BCUT2D eigenvalue weighted by Gasteiger charge is 2.27. The van der Waals surface area contributed by atoms with Crippen molar-refractivity contribution in [3.05, 3.63) is 64.2 Å². The van der Waals surface area contributed by atoms with Crippen molar-refractivity contribution in [1.82, 2.24) is 9.80 Å². The van der Waals surface area contributed by atoms with Crippen LogP contribution < -0.4 is 4.74 Å². The Hall–Kier alpha value is -2.81. The summed E-state index contributed by atoms with van der Waals surface area (Å²) in [5.41, 5.74) is 3.18. The highest BCUT2D eigenvalue weighted by atomic mass is 35.5. The van der Waals surface area contributed by atoms with Gasteiger partial charge in [-0.05, 0) is 61.1 Å². The summed E-state index contributed by atoms with van der Waals surface area (Å²) in [5, 5.41) is 0.754. The van der Waals surface area contributed by atoms with Crippen molar-refractivity contribution >= 4 is 23.4 Å². The van der Waals surface area contributed by atoms with Crippen molar-refractivity contribution in [3.8, 4) is 17.6 Å². The molecule has 4 rings (SSSR count). The fourth-order valence-electron chi connectivity index (χ4n) is 5.20. The summed E-state index contributed by atoms with van der Waals surface area (Å²) < 4.78 is 5.66. The van der Waals surface area contributed by atoms with Crippen LogP contribution in [0.15, 0.2) is 42.5 Å². The van der Waals surface area contributed by atoms with E-state index in [1.165, 1.54) is 48.1 Å². The summed E-state index contributed by atoms with van der Waals surface area (Å²) in [7, 11) is 1.65. The van der Waals surface area contributed by atoms with Gasteiger partial charge in [-0.25, -0.2) is 0 Å². The maximum absolute atomic E-state index is 11.8. The Kier molecular flexibility index (Phi) is 9.07. The number of halogens is 1. The van der Waals surface area contributed by atoms with Crippen LogP contribution in [0.5, 0.6) is 5.75 Å². The van der Waals surface area contributed by atoms with Gasteiger partial charge in [0.15, 0.2) is 0 Å². The van der Waals surface area contributed by atoms with E-state index in [1.54, 1.807) is 7.11 Å². The minimum atomic E-state index is -0.149. The van der Waals surface area contributed by atoms with Crippen LogP contribution in [0.4, 0.5) is 0 Å². The van der Waals surface area contributed by atoms with Crippen LogP contribution in [0.3, 0.4) is 0 Å². The Labute approximate surface area is 219 Å². The van der Waals surface area contributed by atoms with Crippen LogP contribution in [-0.2, 0) is 16.1 Å². The SMILES string of the molecule is COc1cc(CN(CC2CCCCC2)[C@@H](C)c2ccc(Cl)cc2)ccc1C#CCN1C(=O)CCC1=O. The van der Waals surface area contributed by atoms with Gasteiger partial charge < -0.3 is 4.74 Å². The lowest BCUT2D eigenvalue weighted by atomic mass is 9.88. The summed E-state index contributed by atoms with van der Waals surface area (Å²) in [6, 6.07) is 14.6. The van der Waals surface area contributed by atoms with Gasteiger partial charge in [0, 0.05) is 37.0 Å². The Bertz CT molecular complexity index is 1110. The number of imide groups is 1. The second kappa shape index (κ2) is 12.4. The summed E-state index contributed by atoms with van der Waals surface area (Å²) in [6.07, 6.45) is 7.15. The topological polar surface area (TPSA) is 49.9 Å². The van der Waals surface area contributed by atoms with E-state index in [4.69, 9.17) is 16.3 Å². The van der Waals surface area contributed by atoms with Crippen molar-refractivity contribution in [2.45, 2.75) is 64.5 Å². The zero-order chi connectivity index (χ0) is 25.5. The first kappa shape index (κ1) is 26.3. The number of carbonyl (C=O) groups excluding carboxylic acids is 2. The van der Waals surface area contributed by atoms with Crippen LogP contribution in [0, 0.1) is 17.8 Å². The Morgan fingerprint density at radius 2 is 1.75 bits per heavy atom. The standard InChI is InChI=1S/C30H35ClN2O3/c1-22(25-12-14-27(31)15-13-25)32(20-23-7-4-3-5-8-23)21-24-10-11-26(28(19-24)36-2)9-6-18-33-29(34)16-17-30(33)35/h10-15,19,22-23H,3-5,7-8,16-18,20-21H2,1-2H3/t22-/m0/s1. The van der Waals surface area contributed by atoms with Crippen molar-refractivity contribution in [1.29, 1.82) is 0 Å². The van der Waals surface area contributed by atoms with Gasteiger partial charge in [-0.1, -0.05) is 60.9 Å². The number of benzene rings is 2. The second-order valence-corrected chi connectivity index (χ2v) is 10.3. The molecular formula is C30H35ClN2O3.